The smallest absolute Gasteiger partial charge is 0.0901 e. The Morgan fingerprint density at radius 3 is 3.00 bits per heavy atom. The number of hydrogen-bond acceptors (Lipinski definition) is 4. The molecule has 2 N–H and O–H groups in total. The number of rotatable bonds is 2. The van der Waals surface area contributed by atoms with Crippen molar-refractivity contribution in [2.24, 2.45) is 5.92 Å². The number of benzene rings is 1. The molecule has 0 saturated carbocycles. The molecule has 5 heteroatoms. The highest BCUT2D eigenvalue weighted by molar-refractivity contribution is 7.10. The van der Waals surface area contributed by atoms with Crippen LogP contribution in [0.1, 0.15) is 35.4 Å². The van der Waals surface area contributed by atoms with Crippen molar-refractivity contribution in [1.29, 1.82) is 0 Å². The maximum Gasteiger partial charge on any atom is 0.0901 e. The lowest BCUT2D eigenvalue weighted by Crippen LogP contribution is -2.39. The molecule has 1 aromatic carbocycles. The number of halogens is 1. The number of thiophene rings is 1. The van der Waals surface area contributed by atoms with E-state index in [1.54, 1.807) is 11.3 Å². The first-order chi connectivity index (χ1) is 10.8. The Labute approximate surface area is 138 Å². The van der Waals surface area contributed by atoms with Crippen LogP contribution in [0.5, 0.6) is 0 Å². The van der Waals surface area contributed by atoms with Gasteiger partial charge >= 0.3 is 0 Å². The van der Waals surface area contributed by atoms with Gasteiger partial charge in [0, 0.05) is 27.1 Å². The minimum atomic E-state index is -0.0739. The van der Waals surface area contributed by atoms with Crippen LogP contribution in [0.15, 0.2) is 35.7 Å². The van der Waals surface area contributed by atoms with Crippen molar-refractivity contribution in [2.45, 2.75) is 31.1 Å². The predicted molar refractivity (Wildman–Crippen MR) is 89.6 cm³/mol. The minimum Gasteiger partial charge on any atom is -0.394 e. The van der Waals surface area contributed by atoms with Gasteiger partial charge in [0.2, 0.25) is 0 Å². The topological polar surface area (TPSA) is 41.5 Å². The third-order valence-corrected chi connectivity index (χ3v) is 5.85. The zero-order valence-electron chi connectivity index (χ0n) is 12.0. The summed E-state index contributed by atoms with van der Waals surface area (Å²) in [5.41, 5.74) is 2.20. The second-order valence-corrected chi connectivity index (χ2v) is 7.39. The van der Waals surface area contributed by atoms with Crippen molar-refractivity contribution in [1.82, 2.24) is 0 Å². The Bertz CT molecular complexity index is 661. The molecular formula is C17H18ClNO2S. The van der Waals surface area contributed by atoms with E-state index in [1.165, 1.54) is 4.88 Å². The highest BCUT2D eigenvalue weighted by atomic mass is 35.5. The van der Waals surface area contributed by atoms with Gasteiger partial charge in [-0.3, -0.25) is 0 Å². The molecule has 0 unspecified atom stereocenters. The highest BCUT2D eigenvalue weighted by Gasteiger charge is 2.42. The lowest BCUT2D eigenvalue weighted by molar-refractivity contribution is -0.109. The van der Waals surface area contributed by atoms with E-state index in [0.717, 1.165) is 29.1 Å². The summed E-state index contributed by atoms with van der Waals surface area (Å²) in [4.78, 5) is 1.33. The molecule has 1 aromatic heterocycles. The fraction of sp³-hybridized carbons (Fsp3) is 0.412. The largest absolute Gasteiger partial charge is 0.394 e. The average Bonchev–Trinajstić information content (AvgIpc) is 3.08. The second-order valence-electron chi connectivity index (χ2n) is 5.97. The van der Waals surface area contributed by atoms with Crippen molar-refractivity contribution < 1.29 is 9.84 Å². The summed E-state index contributed by atoms with van der Waals surface area (Å²) < 4.78 is 6.21. The molecular weight excluding hydrogens is 318 g/mol. The quantitative estimate of drug-likeness (QED) is 0.854. The lowest BCUT2D eigenvalue weighted by Gasteiger charge is -2.45. The van der Waals surface area contributed by atoms with Crippen LogP contribution < -0.4 is 5.32 Å². The van der Waals surface area contributed by atoms with Crippen molar-refractivity contribution >= 4 is 28.6 Å². The van der Waals surface area contributed by atoms with Gasteiger partial charge in [-0.1, -0.05) is 17.7 Å². The molecule has 0 amide bonds. The maximum atomic E-state index is 9.47. The van der Waals surface area contributed by atoms with E-state index in [4.69, 9.17) is 16.3 Å². The van der Waals surface area contributed by atoms with E-state index in [2.05, 4.69) is 22.8 Å². The number of aliphatic hydroxyl groups excluding tert-OH is 1. The number of anilines is 1. The fourth-order valence-electron chi connectivity index (χ4n) is 3.61. The summed E-state index contributed by atoms with van der Waals surface area (Å²) in [6, 6.07) is 10.5. The van der Waals surface area contributed by atoms with E-state index in [0.29, 0.717) is 5.92 Å². The van der Waals surface area contributed by atoms with Gasteiger partial charge < -0.3 is 15.2 Å². The van der Waals surface area contributed by atoms with Gasteiger partial charge in [-0.2, -0.15) is 0 Å². The van der Waals surface area contributed by atoms with Crippen LogP contribution in [0.2, 0.25) is 5.02 Å². The normalized spacial score (nSPS) is 30.3. The molecule has 3 nitrogen and oxygen atoms in total. The summed E-state index contributed by atoms with van der Waals surface area (Å²) >= 11 is 7.96. The molecule has 2 aromatic rings. The molecule has 2 aliphatic rings. The Kier molecular flexibility index (Phi) is 3.86. The van der Waals surface area contributed by atoms with Crippen LogP contribution >= 0.6 is 22.9 Å². The van der Waals surface area contributed by atoms with E-state index in [1.807, 2.05) is 18.2 Å². The maximum absolute atomic E-state index is 9.47. The molecule has 4 atom stereocenters. The molecule has 1 fully saturated rings. The Morgan fingerprint density at radius 1 is 1.32 bits per heavy atom. The third kappa shape index (κ3) is 2.44. The van der Waals surface area contributed by atoms with Gasteiger partial charge in [-0.15, -0.1) is 11.3 Å². The summed E-state index contributed by atoms with van der Waals surface area (Å²) in [7, 11) is 0. The number of fused-ring (bicyclic) bond motifs is 3. The van der Waals surface area contributed by atoms with Crippen molar-refractivity contribution in [3.8, 4) is 0 Å². The van der Waals surface area contributed by atoms with Gasteiger partial charge in [0.25, 0.3) is 0 Å². The van der Waals surface area contributed by atoms with Gasteiger partial charge in [0.05, 0.1) is 24.9 Å². The van der Waals surface area contributed by atoms with E-state index in [-0.39, 0.29) is 24.9 Å². The summed E-state index contributed by atoms with van der Waals surface area (Å²) in [5.74, 6) is 0.368. The molecule has 0 bridgehead atoms. The molecule has 4 rings (SSSR count). The Balaban J connectivity index is 1.76. The second kappa shape index (κ2) is 5.85. The third-order valence-electron chi connectivity index (χ3n) is 4.66. The molecule has 0 aliphatic carbocycles. The van der Waals surface area contributed by atoms with Gasteiger partial charge in [0.15, 0.2) is 0 Å². The number of hydrogen-bond donors (Lipinski definition) is 2. The Morgan fingerprint density at radius 2 is 2.23 bits per heavy atom. The Hall–Kier alpha value is -1.07. The fourth-order valence-corrected chi connectivity index (χ4v) is 4.64. The first kappa shape index (κ1) is 14.5. The van der Waals surface area contributed by atoms with Crippen LogP contribution in [0.4, 0.5) is 5.69 Å². The minimum absolute atomic E-state index is 0.00653. The predicted octanol–water partition coefficient (Wildman–Crippen LogP) is 4.40. The molecule has 2 aliphatic heterocycles. The van der Waals surface area contributed by atoms with Crippen LogP contribution in [-0.4, -0.2) is 17.8 Å². The number of nitrogens with one attached hydrogen (secondary N) is 1. The molecule has 0 radical (unpaired) electrons. The van der Waals surface area contributed by atoms with Crippen LogP contribution in [0.25, 0.3) is 0 Å². The van der Waals surface area contributed by atoms with Crippen LogP contribution in [0, 0.1) is 5.92 Å². The number of ether oxygens (including phenoxy) is 1. The van der Waals surface area contributed by atoms with Crippen LogP contribution in [-0.2, 0) is 4.74 Å². The zero-order chi connectivity index (χ0) is 15.1. The number of aliphatic hydroxyl groups is 1. The molecule has 116 valence electrons. The standard InChI is InChI=1S/C17H18ClNO2S/c18-10-3-6-14-13(8-10)17-12(5-4-11(9-20)21-17)16(19-14)15-2-1-7-22-15/h1-3,6-8,11-12,16-17,19-20H,4-5,9H2/t11-,12+,16-,17+/m1/s1. The molecule has 3 heterocycles. The van der Waals surface area contributed by atoms with Crippen molar-refractivity contribution in [2.75, 3.05) is 11.9 Å². The van der Waals surface area contributed by atoms with E-state index >= 15 is 0 Å². The summed E-state index contributed by atoms with van der Waals surface area (Å²) in [6.45, 7) is 0.0796. The summed E-state index contributed by atoms with van der Waals surface area (Å²) in [5, 5.41) is 16.0. The van der Waals surface area contributed by atoms with Gasteiger partial charge in [-0.05, 0) is 42.5 Å². The van der Waals surface area contributed by atoms with Crippen LogP contribution in [0.3, 0.4) is 0 Å². The average molecular weight is 336 g/mol. The van der Waals surface area contributed by atoms with Crippen molar-refractivity contribution in [3.05, 3.63) is 51.2 Å². The summed E-state index contributed by atoms with van der Waals surface area (Å²) in [6.07, 6.45) is 1.86. The van der Waals surface area contributed by atoms with Gasteiger partial charge in [-0.25, -0.2) is 0 Å². The first-order valence-electron chi connectivity index (χ1n) is 7.62. The molecule has 1 saturated heterocycles. The van der Waals surface area contributed by atoms with E-state index in [9.17, 15) is 5.11 Å². The SMILES string of the molecule is OC[C@H]1CC[C@@H]2[C@H](O1)c1cc(Cl)ccc1N[C@H]2c1cccs1. The van der Waals surface area contributed by atoms with Gasteiger partial charge in [0.1, 0.15) is 0 Å². The molecule has 0 spiro atoms. The first-order valence-corrected chi connectivity index (χ1v) is 8.87. The van der Waals surface area contributed by atoms with Crippen molar-refractivity contribution in [3.63, 3.8) is 0 Å². The lowest BCUT2D eigenvalue weighted by atomic mass is 9.78. The monoisotopic (exact) mass is 335 g/mol. The molecule has 22 heavy (non-hydrogen) atoms. The van der Waals surface area contributed by atoms with E-state index < -0.39 is 0 Å². The highest BCUT2D eigenvalue weighted by Crippen LogP contribution is 2.51. The zero-order valence-corrected chi connectivity index (χ0v) is 13.6.